The van der Waals surface area contributed by atoms with Gasteiger partial charge >= 0.3 is 0 Å². The molecule has 70 valence electrons. The van der Waals surface area contributed by atoms with Crippen LogP contribution in [0.1, 0.15) is 0 Å². The van der Waals surface area contributed by atoms with Crippen LogP contribution in [0.3, 0.4) is 0 Å². The van der Waals surface area contributed by atoms with Gasteiger partial charge in [0.05, 0.1) is 0 Å². The van der Waals surface area contributed by atoms with Crippen molar-refractivity contribution in [2.75, 3.05) is 36.1 Å². The van der Waals surface area contributed by atoms with Crippen LogP contribution in [0.25, 0.3) is 0 Å². The van der Waals surface area contributed by atoms with E-state index >= 15 is 0 Å². The van der Waals surface area contributed by atoms with Gasteiger partial charge in [-0.3, -0.25) is 0 Å². The molecule has 2 atom stereocenters. The zero-order valence-corrected chi connectivity index (χ0v) is 9.57. The van der Waals surface area contributed by atoms with E-state index in [1.165, 1.54) is 36.1 Å². The van der Waals surface area contributed by atoms with Gasteiger partial charge in [0.25, 0.3) is 0 Å². The molecule has 0 saturated carbocycles. The molecule has 2 saturated heterocycles. The summed E-state index contributed by atoms with van der Waals surface area (Å²) in [5.41, 5.74) is 0. The summed E-state index contributed by atoms with van der Waals surface area (Å²) in [5, 5.41) is 5.45. The Morgan fingerprint density at radius 3 is 2.67 bits per heavy atom. The Morgan fingerprint density at radius 1 is 1.25 bits per heavy atom. The molecule has 1 N–H and O–H groups in total. The van der Waals surface area contributed by atoms with Gasteiger partial charge < -0.3 is 5.32 Å². The van der Waals surface area contributed by atoms with Crippen LogP contribution in [0.2, 0.25) is 0 Å². The number of hydrogen-bond acceptors (Lipinski definition) is 4. The molecule has 0 bridgehead atoms. The molecule has 1 nitrogen and oxygen atoms in total. The lowest BCUT2D eigenvalue weighted by Gasteiger charge is -2.01. The fourth-order valence-electron chi connectivity index (χ4n) is 0.972. The second-order valence-electron chi connectivity index (χ2n) is 3.19. The van der Waals surface area contributed by atoms with Crippen molar-refractivity contribution >= 4 is 35.3 Å². The van der Waals surface area contributed by atoms with Gasteiger partial charge in [-0.2, -0.15) is 35.3 Å². The van der Waals surface area contributed by atoms with Crippen LogP contribution in [-0.2, 0) is 0 Å². The molecule has 0 aromatic rings. The molecule has 12 heavy (non-hydrogen) atoms. The van der Waals surface area contributed by atoms with Crippen molar-refractivity contribution in [3.8, 4) is 0 Å². The highest BCUT2D eigenvalue weighted by Crippen LogP contribution is 2.32. The van der Waals surface area contributed by atoms with E-state index in [0.29, 0.717) is 0 Å². The molecule has 2 heterocycles. The number of nitrogens with one attached hydrogen (secondary N) is 1. The molecule has 2 rings (SSSR count). The average Bonchev–Trinajstić information content (AvgIpc) is 2.89. The number of thioether (sulfide) groups is 3. The predicted molar refractivity (Wildman–Crippen MR) is 62.7 cm³/mol. The highest BCUT2D eigenvalue weighted by atomic mass is 32.2. The first-order chi connectivity index (χ1) is 5.95. The van der Waals surface area contributed by atoms with Gasteiger partial charge in [-0.1, -0.05) is 0 Å². The predicted octanol–water partition coefficient (Wildman–Crippen LogP) is 1.54. The molecule has 0 amide bonds. The summed E-state index contributed by atoms with van der Waals surface area (Å²) in [6.45, 7) is 2.45. The normalized spacial score (nSPS) is 32.0. The van der Waals surface area contributed by atoms with E-state index in [0.717, 1.165) is 10.5 Å². The molecule has 0 aromatic heterocycles. The fraction of sp³-hybridized carbons (Fsp3) is 1.00. The van der Waals surface area contributed by atoms with Crippen molar-refractivity contribution in [3.05, 3.63) is 0 Å². The summed E-state index contributed by atoms with van der Waals surface area (Å²) in [4.78, 5) is 0. The van der Waals surface area contributed by atoms with Gasteiger partial charge in [0.2, 0.25) is 0 Å². The van der Waals surface area contributed by atoms with Crippen LogP contribution in [0.15, 0.2) is 0 Å². The lowest BCUT2D eigenvalue weighted by Crippen LogP contribution is -2.21. The first kappa shape index (κ1) is 9.56. The van der Waals surface area contributed by atoms with Gasteiger partial charge in [0.1, 0.15) is 0 Å². The van der Waals surface area contributed by atoms with Crippen molar-refractivity contribution in [2.45, 2.75) is 10.5 Å². The highest BCUT2D eigenvalue weighted by molar-refractivity contribution is 8.08. The summed E-state index contributed by atoms with van der Waals surface area (Å²) in [5.74, 6) is 5.48. The third kappa shape index (κ3) is 4.30. The molecule has 4 heteroatoms. The van der Waals surface area contributed by atoms with E-state index in [4.69, 9.17) is 0 Å². The van der Waals surface area contributed by atoms with Gasteiger partial charge in [-0.15, -0.1) is 0 Å². The number of hydrogen-bond donors (Lipinski definition) is 1. The average molecular weight is 221 g/mol. The first-order valence-corrected chi connectivity index (χ1v) is 7.72. The molecule has 0 aliphatic carbocycles. The zero-order valence-electron chi connectivity index (χ0n) is 7.12. The minimum absolute atomic E-state index is 0.953. The summed E-state index contributed by atoms with van der Waals surface area (Å²) >= 11 is 6.28. The summed E-state index contributed by atoms with van der Waals surface area (Å²) in [6, 6.07) is 0. The van der Waals surface area contributed by atoms with Gasteiger partial charge in [-0.05, 0) is 0 Å². The monoisotopic (exact) mass is 221 g/mol. The Morgan fingerprint density at radius 2 is 2.00 bits per heavy atom. The largest absolute Gasteiger partial charge is 0.315 e. The molecule has 2 unspecified atom stereocenters. The maximum absolute atomic E-state index is 3.49. The molecule has 0 spiro atoms. The van der Waals surface area contributed by atoms with E-state index in [9.17, 15) is 0 Å². The highest BCUT2D eigenvalue weighted by Gasteiger charge is 2.22. The van der Waals surface area contributed by atoms with Crippen LogP contribution in [0.5, 0.6) is 0 Å². The summed E-state index contributed by atoms with van der Waals surface area (Å²) in [7, 11) is 0. The van der Waals surface area contributed by atoms with E-state index in [1.807, 2.05) is 0 Å². The van der Waals surface area contributed by atoms with Crippen molar-refractivity contribution < 1.29 is 0 Å². The Hall–Kier alpha value is 1.01. The molecule has 0 radical (unpaired) electrons. The quantitative estimate of drug-likeness (QED) is 0.517. The van der Waals surface area contributed by atoms with Crippen molar-refractivity contribution in [1.29, 1.82) is 0 Å². The Labute approximate surface area is 87.2 Å². The Bertz CT molecular complexity index is 118. The van der Waals surface area contributed by atoms with Crippen LogP contribution < -0.4 is 5.32 Å². The van der Waals surface area contributed by atoms with Crippen LogP contribution in [-0.4, -0.2) is 46.6 Å². The number of rotatable bonds is 7. The molecule has 2 aliphatic heterocycles. The lowest BCUT2D eigenvalue weighted by molar-refractivity contribution is 0.740. The lowest BCUT2D eigenvalue weighted by atomic mass is 10.5. The molecule has 2 fully saturated rings. The standard InChI is InChI=1S/C8H15NS3/c1(9-3-7-5-11-7)2-10-4-8-6-12-8/h7-9H,1-6H2. The van der Waals surface area contributed by atoms with Gasteiger partial charge in [-0.25, -0.2) is 0 Å². The second-order valence-corrected chi connectivity index (χ2v) is 7.01. The molecule has 0 aromatic carbocycles. The van der Waals surface area contributed by atoms with Crippen molar-refractivity contribution in [2.24, 2.45) is 0 Å². The minimum atomic E-state index is 0.953. The smallest absolute Gasteiger partial charge is 0.0263 e. The van der Waals surface area contributed by atoms with E-state index in [-0.39, 0.29) is 0 Å². The minimum Gasteiger partial charge on any atom is -0.315 e. The van der Waals surface area contributed by atoms with Crippen molar-refractivity contribution in [3.63, 3.8) is 0 Å². The van der Waals surface area contributed by atoms with Crippen LogP contribution in [0.4, 0.5) is 0 Å². The second kappa shape index (κ2) is 5.03. The van der Waals surface area contributed by atoms with E-state index < -0.39 is 0 Å². The first-order valence-electron chi connectivity index (χ1n) is 4.47. The maximum Gasteiger partial charge on any atom is 0.0263 e. The zero-order chi connectivity index (χ0) is 8.23. The SMILES string of the molecule is C(CSCC1CS1)NCC1CS1. The van der Waals surface area contributed by atoms with Gasteiger partial charge in [0.15, 0.2) is 0 Å². The summed E-state index contributed by atoms with van der Waals surface area (Å²) in [6.07, 6.45) is 0. The molecular weight excluding hydrogens is 206 g/mol. The maximum atomic E-state index is 3.49. The van der Waals surface area contributed by atoms with Crippen LogP contribution >= 0.6 is 35.3 Å². The van der Waals surface area contributed by atoms with Crippen LogP contribution in [0, 0.1) is 0 Å². The van der Waals surface area contributed by atoms with E-state index in [1.54, 1.807) is 0 Å². The van der Waals surface area contributed by atoms with E-state index in [2.05, 4.69) is 40.6 Å². The third-order valence-corrected chi connectivity index (χ3v) is 5.19. The Balaban J connectivity index is 1.31. The fourth-order valence-corrected chi connectivity index (χ4v) is 3.37. The van der Waals surface area contributed by atoms with Crippen molar-refractivity contribution in [1.82, 2.24) is 5.32 Å². The molecular formula is C8H15NS3. The summed E-state index contributed by atoms with van der Waals surface area (Å²) < 4.78 is 0. The Kier molecular flexibility index (Phi) is 4.01. The third-order valence-electron chi connectivity index (χ3n) is 1.90. The topological polar surface area (TPSA) is 12.0 Å². The van der Waals surface area contributed by atoms with Gasteiger partial charge in [0, 0.05) is 46.6 Å². The molecule has 2 aliphatic rings.